The van der Waals surface area contributed by atoms with Crippen LogP contribution in [0.4, 0.5) is 0 Å². The number of benzene rings is 1. The molecule has 2 aromatic rings. The zero-order chi connectivity index (χ0) is 20.5. The van der Waals surface area contributed by atoms with Crippen molar-refractivity contribution in [3.05, 3.63) is 57.8 Å². The molecule has 0 aliphatic heterocycles. The average molecular weight is 401 g/mol. The molecule has 1 aromatic heterocycles. The van der Waals surface area contributed by atoms with Crippen molar-refractivity contribution in [2.24, 2.45) is 5.92 Å². The molecule has 0 radical (unpaired) electrons. The van der Waals surface area contributed by atoms with E-state index >= 15 is 0 Å². The summed E-state index contributed by atoms with van der Waals surface area (Å²) in [5.41, 5.74) is 1.10. The lowest BCUT2D eigenvalue weighted by Gasteiger charge is -2.28. The second-order valence-electron chi connectivity index (χ2n) is 7.67. The molecule has 1 heterocycles. The second-order valence-corrected chi connectivity index (χ2v) is 9.04. The van der Waals surface area contributed by atoms with E-state index in [1.54, 1.807) is 16.2 Å². The number of amides is 2. The maximum absolute atomic E-state index is 13.2. The van der Waals surface area contributed by atoms with Gasteiger partial charge in [-0.1, -0.05) is 51.1 Å². The molecule has 5 heteroatoms. The Kier molecular flexibility index (Phi) is 8.71. The molecule has 0 N–H and O–H groups in total. The lowest BCUT2D eigenvalue weighted by molar-refractivity contribution is -0.141. The van der Waals surface area contributed by atoms with E-state index in [9.17, 15) is 9.59 Å². The summed E-state index contributed by atoms with van der Waals surface area (Å²) in [6.07, 6.45) is 1.28. The summed E-state index contributed by atoms with van der Waals surface area (Å²) in [6, 6.07) is 14.2. The van der Waals surface area contributed by atoms with Gasteiger partial charge in [-0.2, -0.15) is 0 Å². The molecule has 0 fully saturated rings. The van der Waals surface area contributed by atoms with E-state index in [1.807, 2.05) is 42.2 Å². The van der Waals surface area contributed by atoms with Crippen LogP contribution in [0.3, 0.4) is 0 Å². The number of hydrogen-bond acceptors (Lipinski definition) is 3. The molecule has 0 spiro atoms. The first-order valence-corrected chi connectivity index (χ1v) is 10.9. The Balaban J connectivity index is 2.16. The zero-order valence-electron chi connectivity index (χ0n) is 17.5. The van der Waals surface area contributed by atoms with E-state index in [-0.39, 0.29) is 18.4 Å². The van der Waals surface area contributed by atoms with Crippen molar-refractivity contribution in [1.82, 2.24) is 9.80 Å². The van der Waals surface area contributed by atoms with Crippen LogP contribution in [0.2, 0.25) is 0 Å². The molecule has 28 heavy (non-hydrogen) atoms. The third-order valence-electron chi connectivity index (χ3n) is 4.44. The van der Waals surface area contributed by atoms with Gasteiger partial charge in [0.25, 0.3) is 0 Å². The summed E-state index contributed by atoms with van der Waals surface area (Å²) < 4.78 is 0. The molecule has 152 valence electrons. The monoisotopic (exact) mass is 400 g/mol. The van der Waals surface area contributed by atoms with Gasteiger partial charge in [0, 0.05) is 29.3 Å². The minimum atomic E-state index is 0.00000850. The molecule has 0 saturated heterocycles. The van der Waals surface area contributed by atoms with Gasteiger partial charge in [-0.3, -0.25) is 9.59 Å². The van der Waals surface area contributed by atoms with Gasteiger partial charge in [-0.05, 0) is 37.0 Å². The van der Waals surface area contributed by atoms with E-state index in [4.69, 9.17) is 0 Å². The minimum Gasteiger partial charge on any atom is -0.333 e. The van der Waals surface area contributed by atoms with E-state index in [1.165, 1.54) is 4.88 Å². The molecule has 2 amide bonds. The summed E-state index contributed by atoms with van der Waals surface area (Å²) in [7, 11) is 0. The van der Waals surface area contributed by atoms with Crippen molar-refractivity contribution in [2.75, 3.05) is 13.1 Å². The SMILES string of the molecule is CCCC(=O)N(CC(=O)N(Cc1ccccc1)Cc1ccc(C)s1)CC(C)C. The van der Waals surface area contributed by atoms with Crippen LogP contribution in [0.25, 0.3) is 0 Å². The molecular weight excluding hydrogens is 368 g/mol. The predicted octanol–water partition coefficient (Wildman–Crippen LogP) is 4.87. The van der Waals surface area contributed by atoms with Crippen molar-refractivity contribution in [3.63, 3.8) is 0 Å². The average Bonchev–Trinajstić information content (AvgIpc) is 3.06. The van der Waals surface area contributed by atoms with Crippen LogP contribution in [0.15, 0.2) is 42.5 Å². The van der Waals surface area contributed by atoms with Gasteiger partial charge in [0.1, 0.15) is 0 Å². The summed E-state index contributed by atoms with van der Waals surface area (Å²) in [4.78, 5) is 31.7. The summed E-state index contributed by atoms with van der Waals surface area (Å²) in [6.45, 7) is 10.1. The van der Waals surface area contributed by atoms with Crippen molar-refractivity contribution in [1.29, 1.82) is 0 Å². The Morgan fingerprint density at radius 2 is 1.68 bits per heavy atom. The fraction of sp³-hybridized carbons (Fsp3) is 0.478. The fourth-order valence-corrected chi connectivity index (χ4v) is 4.03. The van der Waals surface area contributed by atoms with Crippen LogP contribution in [-0.4, -0.2) is 34.7 Å². The molecule has 0 aliphatic carbocycles. The third-order valence-corrected chi connectivity index (χ3v) is 5.43. The summed E-state index contributed by atoms with van der Waals surface area (Å²) >= 11 is 1.71. The number of rotatable bonds is 10. The van der Waals surface area contributed by atoms with Gasteiger partial charge in [0.05, 0.1) is 13.1 Å². The molecule has 4 nitrogen and oxygen atoms in total. The maximum Gasteiger partial charge on any atom is 0.242 e. The topological polar surface area (TPSA) is 40.6 Å². The number of thiophene rings is 1. The van der Waals surface area contributed by atoms with Gasteiger partial charge < -0.3 is 9.80 Å². The second kappa shape index (κ2) is 11.0. The molecule has 0 unspecified atom stereocenters. The Bertz CT molecular complexity index is 755. The highest BCUT2D eigenvalue weighted by molar-refractivity contribution is 7.11. The van der Waals surface area contributed by atoms with E-state index in [0.717, 1.165) is 16.9 Å². The molecule has 0 atom stereocenters. The Labute approximate surface area is 173 Å². The number of nitrogens with zero attached hydrogens (tertiary/aromatic N) is 2. The highest BCUT2D eigenvalue weighted by Crippen LogP contribution is 2.19. The van der Waals surface area contributed by atoms with E-state index < -0.39 is 0 Å². The van der Waals surface area contributed by atoms with E-state index in [2.05, 4.69) is 32.9 Å². The lowest BCUT2D eigenvalue weighted by Crippen LogP contribution is -2.43. The van der Waals surface area contributed by atoms with Crippen LogP contribution in [0.5, 0.6) is 0 Å². The quantitative estimate of drug-likeness (QED) is 0.571. The van der Waals surface area contributed by atoms with Crippen LogP contribution < -0.4 is 0 Å². The van der Waals surface area contributed by atoms with Crippen LogP contribution in [0.1, 0.15) is 48.9 Å². The summed E-state index contributed by atoms with van der Waals surface area (Å²) in [5.74, 6) is 0.396. The van der Waals surface area contributed by atoms with Crippen LogP contribution >= 0.6 is 11.3 Å². The van der Waals surface area contributed by atoms with Crippen molar-refractivity contribution in [2.45, 2.75) is 53.6 Å². The summed E-state index contributed by atoms with van der Waals surface area (Å²) in [5, 5.41) is 0. The first-order valence-electron chi connectivity index (χ1n) is 10.0. The van der Waals surface area contributed by atoms with Crippen molar-refractivity contribution < 1.29 is 9.59 Å². The highest BCUT2D eigenvalue weighted by atomic mass is 32.1. The molecule has 1 aromatic carbocycles. The van der Waals surface area contributed by atoms with Gasteiger partial charge in [-0.25, -0.2) is 0 Å². The Hall–Kier alpha value is -2.14. The minimum absolute atomic E-state index is 0.00000850. The van der Waals surface area contributed by atoms with Gasteiger partial charge in [0.2, 0.25) is 11.8 Å². The number of carbonyl (C=O) groups excluding carboxylic acids is 2. The van der Waals surface area contributed by atoms with Crippen molar-refractivity contribution >= 4 is 23.2 Å². The zero-order valence-corrected chi connectivity index (χ0v) is 18.3. The van der Waals surface area contributed by atoms with Crippen LogP contribution in [0, 0.1) is 12.8 Å². The van der Waals surface area contributed by atoms with Gasteiger partial charge >= 0.3 is 0 Å². The van der Waals surface area contributed by atoms with Crippen molar-refractivity contribution in [3.8, 4) is 0 Å². The third kappa shape index (κ3) is 7.12. The van der Waals surface area contributed by atoms with Gasteiger partial charge in [0.15, 0.2) is 0 Å². The first kappa shape index (κ1) is 22.2. The maximum atomic E-state index is 13.2. The molecule has 0 aliphatic rings. The van der Waals surface area contributed by atoms with E-state index in [0.29, 0.717) is 32.0 Å². The number of carbonyl (C=O) groups is 2. The molecule has 0 bridgehead atoms. The largest absolute Gasteiger partial charge is 0.333 e. The van der Waals surface area contributed by atoms with Crippen LogP contribution in [-0.2, 0) is 22.7 Å². The first-order chi connectivity index (χ1) is 13.4. The Morgan fingerprint density at radius 1 is 0.964 bits per heavy atom. The fourth-order valence-electron chi connectivity index (χ4n) is 3.12. The highest BCUT2D eigenvalue weighted by Gasteiger charge is 2.22. The predicted molar refractivity (Wildman–Crippen MR) is 116 cm³/mol. The number of aryl methyl sites for hydroxylation is 1. The normalized spacial score (nSPS) is 10.9. The lowest BCUT2D eigenvalue weighted by atomic mass is 10.1. The molecule has 2 rings (SSSR count). The number of hydrogen-bond donors (Lipinski definition) is 0. The smallest absolute Gasteiger partial charge is 0.242 e. The Morgan fingerprint density at radius 3 is 2.25 bits per heavy atom. The molecular formula is C23H32N2O2S. The van der Waals surface area contributed by atoms with Gasteiger partial charge in [-0.15, -0.1) is 11.3 Å². The standard InChI is InChI=1S/C23H32N2O2S/c1-5-9-22(26)24(14-18(2)3)17-23(27)25(15-20-10-7-6-8-11-20)16-21-13-12-19(4)28-21/h6-8,10-13,18H,5,9,14-17H2,1-4H3. The molecule has 0 saturated carbocycles.